The maximum Gasteiger partial charge on any atom is 0.147 e. The van der Waals surface area contributed by atoms with Gasteiger partial charge in [-0.15, -0.1) is 0 Å². The lowest BCUT2D eigenvalue weighted by Gasteiger charge is -2.37. The summed E-state index contributed by atoms with van der Waals surface area (Å²) in [5, 5.41) is 10.4. The predicted molar refractivity (Wildman–Crippen MR) is 64.0 cm³/mol. The summed E-state index contributed by atoms with van der Waals surface area (Å²) in [6, 6.07) is 0. The van der Waals surface area contributed by atoms with Crippen molar-refractivity contribution >= 4 is 9.84 Å². The van der Waals surface area contributed by atoms with Gasteiger partial charge in [0.1, 0.15) is 9.84 Å². The van der Waals surface area contributed by atoms with Gasteiger partial charge in [0.15, 0.2) is 0 Å². The van der Waals surface area contributed by atoms with Crippen molar-refractivity contribution in [2.75, 3.05) is 12.0 Å². The van der Waals surface area contributed by atoms with Gasteiger partial charge in [0.2, 0.25) is 0 Å². The molecule has 2 rings (SSSR count). The van der Waals surface area contributed by atoms with Crippen LogP contribution in [-0.4, -0.2) is 31.1 Å². The fourth-order valence-corrected chi connectivity index (χ4v) is 3.71. The monoisotopic (exact) mass is 246 g/mol. The molecule has 0 bridgehead atoms. The Balaban J connectivity index is 1.90. The molecule has 2 saturated carbocycles. The molecule has 0 radical (unpaired) electrons. The summed E-state index contributed by atoms with van der Waals surface area (Å²) in [6.45, 7) is 0. The normalized spacial score (nSPS) is 36.2. The fourth-order valence-electron chi connectivity index (χ4n) is 2.96. The molecule has 2 unspecified atom stereocenters. The van der Waals surface area contributed by atoms with Gasteiger partial charge >= 0.3 is 0 Å². The van der Waals surface area contributed by atoms with Crippen LogP contribution in [0.1, 0.15) is 44.9 Å². The molecule has 94 valence electrons. The summed E-state index contributed by atoms with van der Waals surface area (Å²) in [4.78, 5) is 0. The van der Waals surface area contributed by atoms with Gasteiger partial charge in [0.05, 0.1) is 11.4 Å². The highest BCUT2D eigenvalue weighted by molar-refractivity contribution is 7.90. The minimum Gasteiger partial charge on any atom is -0.390 e. The molecule has 2 aliphatic rings. The van der Waals surface area contributed by atoms with E-state index in [0.29, 0.717) is 12.3 Å². The van der Waals surface area contributed by atoms with Crippen LogP contribution in [0, 0.1) is 11.8 Å². The highest BCUT2D eigenvalue weighted by Crippen LogP contribution is 2.47. The Labute approximate surface area is 98.2 Å². The third kappa shape index (κ3) is 3.45. The first-order valence-electron chi connectivity index (χ1n) is 6.28. The van der Waals surface area contributed by atoms with E-state index in [-0.39, 0.29) is 5.75 Å². The van der Waals surface area contributed by atoms with E-state index in [1.165, 1.54) is 25.5 Å². The summed E-state index contributed by atoms with van der Waals surface area (Å²) >= 11 is 0. The zero-order chi connectivity index (χ0) is 11.8. The molecule has 2 fully saturated rings. The molecule has 0 aromatic rings. The van der Waals surface area contributed by atoms with Crippen molar-refractivity contribution in [1.82, 2.24) is 0 Å². The van der Waals surface area contributed by atoms with E-state index >= 15 is 0 Å². The molecule has 0 heterocycles. The Morgan fingerprint density at radius 2 is 1.94 bits per heavy atom. The van der Waals surface area contributed by atoms with E-state index in [2.05, 4.69) is 0 Å². The van der Waals surface area contributed by atoms with Crippen molar-refractivity contribution in [1.29, 1.82) is 0 Å². The zero-order valence-electron chi connectivity index (χ0n) is 9.98. The Morgan fingerprint density at radius 1 is 1.25 bits per heavy atom. The highest BCUT2D eigenvalue weighted by atomic mass is 32.2. The topological polar surface area (TPSA) is 54.4 Å². The van der Waals surface area contributed by atoms with Crippen molar-refractivity contribution in [3.05, 3.63) is 0 Å². The van der Waals surface area contributed by atoms with Gasteiger partial charge in [-0.25, -0.2) is 8.42 Å². The van der Waals surface area contributed by atoms with E-state index in [0.717, 1.165) is 25.2 Å². The number of sulfone groups is 1. The third-order valence-corrected chi connectivity index (χ3v) is 5.03. The average molecular weight is 246 g/mol. The largest absolute Gasteiger partial charge is 0.390 e. The predicted octanol–water partition coefficient (Wildman–Crippen LogP) is 1.75. The van der Waals surface area contributed by atoms with Gasteiger partial charge in [-0.3, -0.25) is 0 Å². The first-order valence-corrected chi connectivity index (χ1v) is 8.34. The molecule has 0 aromatic carbocycles. The smallest absolute Gasteiger partial charge is 0.147 e. The van der Waals surface area contributed by atoms with Crippen LogP contribution in [0.3, 0.4) is 0 Å². The molecule has 0 aliphatic heterocycles. The number of aliphatic hydroxyl groups is 1. The Bertz CT molecular complexity index is 345. The van der Waals surface area contributed by atoms with Crippen LogP contribution in [0.4, 0.5) is 0 Å². The Kier molecular flexibility index (Phi) is 3.32. The second-order valence-electron chi connectivity index (χ2n) is 5.80. The van der Waals surface area contributed by atoms with Gasteiger partial charge in [0, 0.05) is 6.26 Å². The van der Waals surface area contributed by atoms with Crippen LogP contribution in [0.5, 0.6) is 0 Å². The Hall–Kier alpha value is -0.0900. The lowest BCUT2D eigenvalue weighted by Crippen LogP contribution is -2.37. The molecular weight excluding hydrogens is 224 g/mol. The second-order valence-corrected chi connectivity index (χ2v) is 8.06. The van der Waals surface area contributed by atoms with E-state index in [9.17, 15) is 13.5 Å². The van der Waals surface area contributed by atoms with Crippen LogP contribution < -0.4 is 0 Å². The van der Waals surface area contributed by atoms with Crippen LogP contribution >= 0.6 is 0 Å². The van der Waals surface area contributed by atoms with Gasteiger partial charge in [-0.2, -0.15) is 0 Å². The van der Waals surface area contributed by atoms with Gasteiger partial charge in [-0.1, -0.05) is 6.42 Å². The van der Waals surface area contributed by atoms with Crippen LogP contribution in [0.25, 0.3) is 0 Å². The molecule has 4 heteroatoms. The van der Waals surface area contributed by atoms with Crippen molar-refractivity contribution in [3.63, 3.8) is 0 Å². The van der Waals surface area contributed by atoms with Crippen molar-refractivity contribution in [2.24, 2.45) is 11.8 Å². The van der Waals surface area contributed by atoms with Crippen molar-refractivity contribution < 1.29 is 13.5 Å². The molecule has 3 nitrogen and oxygen atoms in total. The minimum absolute atomic E-state index is 0.126. The van der Waals surface area contributed by atoms with E-state index in [1.54, 1.807) is 0 Å². The number of hydrogen-bond donors (Lipinski definition) is 1. The van der Waals surface area contributed by atoms with Crippen molar-refractivity contribution in [3.8, 4) is 0 Å². The van der Waals surface area contributed by atoms with E-state index in [4.69, 9.17) is 0 Å². The molecular formula is C12H22O3S. The summed E-state index contributed by atoms with van der Waals surface area (Å²) in [6.07, 6.45) is 8.19. The molecule has 0 spiro atoms. The second kappa shape index (κ2) is 4.30. The SMILES string of the molecule is CS(=O)(=O)CCC1(O)CCCC(C2CC2)C1. The fraction of sp³-hybridized carbons (Fsp3) is 1.00. The van der Waals surface area contributed by atoms with Crippen LogP contribution in [0.15, 0.2) is 0 Å². The maximum atomic E-state index is 11.1. The number of rotatable bonds is 4. The van der Waals surface area contributed by atoms with Gasteiger partial charge in [0.25, 0.3) is 0 Å². The standard InChI is InChI=1S/C12H22O3S/c1-16(14,15)8-7-12(13)6-2-3-11(9-12)10-4-5-10/h10-11,13H,2-9H2,1H3. The molecule has 16 heavy (non-hydrogen) atoms. The lowest BCUT2D eigenvalue weighted by molar-refractivity contribution is -0.0223. The lowest BCUT2D eigenvalue weighted by atomic mass is 9.75. The molecule has 0 amide bonds. The first-order chi connectivity index (χ1) is 7.38. The van der Waals surface area contributed by atoms with Crippen molar-refractivity contribution in [2.45, 2.75) is 50.5 Å². The Morgan fingerprint density at radius 3 is 2.50 bits per heavy atom. The van der Waals surface area contributed by atoms with E-state index in [1.807, 2.05) is 0 Å². The molecule has 2 aliphatic carbocycles. The van der Waals surface area contributed by atoms with Gasteiger partial charge in [-0.05, 0) is 50.4 Å². The maximum absolute atomic E-state index is 11.1. The highest BCUT2D eigenvalue weighted by Gasteiger charge is 2.40. The molecule has 2 atom stereocenters. The summed E-state index contributed by atoms with van der Waals surface area (Å²) in [7, 11) is -2.94. The van der Waals surface area contributed by atoms with Gasteiger partial charge < -0.3 is 5.11 Å². The van der Waals surface area contributed by atoms with Crippen LogP contribution in [0.2, 0.25) is 0 Å². The molecule has 1 N–H and O–H groups in total. The molecule has 0 aromatic heterocycles. The minimum atomic E-state index is -2.94. The summed E-state index contributed by atoms with van der Waals surface area (Å²) in [5.74, 6) is 1.60. The zero-order valence-corrected chi connectivity index (χ0v) is 10.8. The average Bonchev–Trinajstić information content (AvgIpc) is 2.97. The summed E-state index contributed by atoms with van der Waals surface area (Å²) < 4.78 is 22.3. The summed E-state index contributed by atoms with van der Waals surface area (Å²) in [5.41, 5.74) is -0.700. The number of hydrogen-bond acceptors (Lipinski definition) is 3. The third-order valence-electron chi connectivity index (χ3n) is 4.09. The first kappa shape index (κ1) is 12.4. The van der Waals surface area contributed by atoms with E-state index < -0.39 is 15.4 Å². The quantitative estimate of drug-likeness (QED) is 0.822. The molecule has 0 saturated heterocycles. The van der Waals surface area contributed by atoms with Crippen LogP contribution in [-0.2, 0) is 9.84 Å².